The molecule has 0 aromatic rings. The number of nitrogens with one attached hydrogen (secondary N) is 1. The molecule has 1 atom stereocenters. The van der Waals surface area contributed by atoms with E-state index in [1.807, 2.05) is 27.7 Å². The number of aliphatic hydroxyl groups is 1. The quantitative estimate of drug-likeness (QED) is 0.770. The summed E-state index contributed by atoms with van der Waals surface area (Å²) in [5, 5.41) is 9.74. The Balaban J connectivity index is 2.59. The van der Waals surface area contributed by atoms with Gasteiger partial charge < -0.3 is 9.84 Å². The molecule has 0 radical (unpaired) electrons. The molecule has 0 amide bonds. The summed E-state index contributed by atoms with van der Waals surface area (Å²) >= 11 is 0. The highest BCUT2D eigenvalue weighted by Gasteiger charge is 2.34. The monoisotopic (exact) mass is 293 g/mol. The van der Waals surface area contributed by atoms with Crippen LogP contribution < -0.4 is 4.72 Å². The van der Waals surface area contributed by atoms with E-state index in [1.54, 1.807) is 0 Å². The topological polar surface area (TPSA) is 75.6 Å². The Bertz CT molecular complexity index is 372. The summed E-state index contributed by atoms with van der Waals surface area (Å²) in [6, 6.07) is 0. The van der Waals surface area contributed by atoms with Crippen LogP contribution in [0.5, 0.6) is 0 Å². The van der Waals surface area contributed by atoms with Crippen molar-refractivity contribution in [2.45, 2.75) is 51.9 Å². The molecule has 1 aliphatic heterocycles. The van der Waals surface area contributed by atoms with Gasteiger partial charge in [0.15, 0.2) is 0 Å². The second-order valence-electron chi connectivity index (χ2n) is 6.36. The van der Waals surface area contributed by atoms with E-state index >= 15 is 0 Å². The second kappa shape index (κ2) is 6.52. The summed E-state index contributed by atoms with van der Waals surface area (Å²) in [5.41, 5.74) is -0.480. The molecular weight excluding hydrogens is 266 g/mol. The maximum atomic E-state index is 12.2. The summed E-state index contributed by atoms with van der Waals surface area (Å²) in [4.78, 5) is 0. The van der Waals surface area contributed by atoms with Crippen molar-refractivity contribution in [2.24, 2.45) is 11.3 Å². The van der Waals surface area contributed by atoms with E-state index in [-0.39, 0.29) is 17.7 Å². The van der Waals surface area contributed by atoms with Crippen LogP contribution in [-0.2, 0) is 14.8 Å². The summed E-state index contributed by atoms with van der Waals surface area (Å²) in [6.07, 6.45) is 0.551. The van der Waals surface area contributed by atoms with Crippen LogP contribution in [-0.4, -0.2) is 44.6 Å². The van der Waals surface area contributed by atoms with Crippen molar-refractivity contribution in [1.29, 1.82) is 0 Å². The molecule has 6 heteroatoms. The minimum Gasteiger partial charge on any atom is -0.392 e. The Morgan fingerprint density at radius 3 is 2.32 bits per heavy atom. The SMILES string of the molecule is CC(C)C(O)C(C)(C)CNS(=O)(=O)C1CCOCC1. The molecule has 1 aliphatic rings. The molecule has 0 aromatic carbocycles. The van der Waals surface area contributed by atoms with Gasteiger partial charge in [-0.05, 0) is 18.8 Å². The molecule has 5 nitrogen and oxygen atoms in total. The van der Waals surface area contributed by atoms with Gasteiger partial charge in [0, 0.05) is 25.2 Å². The van der Waals surface area contributed by atoms with Crippen molar-refractivity contribution in [3.05, 3.63) is 0 Å². The van der Waals surface area contributed by atoms with Gasteiger partial charge in [-0.2, -0.15) is 0 Å². The van der Waals surface area contributed by atoms with Crippen LogP contribution >= 0.6 is 0 Å². The van der Waals surface area contributed by atoms with Crippen LogP contribution in [0.4, 0.5) is 0 Å². The van der Waals surface area contributed by atoms with Crippen molar-refractivity contribution < 1.29 is 18.3 Å². The zero-order valence-electron chi connectivity index (χ0n) is 12.3. The van der Waals surface area contributed by atoms with Crippen molar-refractivity contribution in [1.82, 2.24) is 4.72 Å². The van der Waals surface area contributed by atoms with Gasteiger partial charge in [-0.15, -0.1) is 0 Å². The van der Waals surface area contributed by atoms with Gasteiger partial charge in [-0.25, -0.2) is 13.1 Å². The Kier molecular flexibility index (Phi) is 5.79. The minimum absolute atomic E-state index is 0.0996. The molecule has 1 fully saturated rings. The summed E-state index contributed by atoms with van der Waals surface area (Å²) < 4.78 is 32.2. The molecule has 0 aliphatic carbocycles. The molecule has 0 spiro atoms. The van der Waals surface area contributed by atoms with Crippen LogP contribution in [0.25, 0.3) is 0 Å². The van der Waals surface area contributed by atoms with Gasteiger partial charge in [-0.3, -0.25) is 0 Å². The highest BCUT2D eigenvalue weighted by Crippen LogP contribution is 2.26. The zero-order valence-corrected chi connectivity index (χ0v) is 13.2. The molecule has 0 saturated carbocycles. The predicted molar refractivity (Wildman–Crippen MR) is 75.4 cm³/mol. The highest BCUT2D eigenvalue weighted by atomic mass is 32.2. The Labute approximate surface area is 116 Å². The number of hydrogen-bond donors (Lipinski definition) is 2. The molecular formula is C13H27NO4S. The van der Waals surface area contributed by atoms with Gasteiger partial charge in [0.05, 0.1) is 11.4 Å². The van der Waals surface area contributed by atoms with Crippen molar-refractivity contribution >= 4 is 10.0 Å². The molecule has 19 heavy (non-hydrogen) atoms. The van der Waals surface area contributed by atoms with Crippen LogP contribution in [0.1, 0.15) is 40.5 Å². The number of rotatable bonds is 6. The van der Waals surface area contributed by atoms with E-state index in [0.717, 1.165) is 0 Å². The maximum absolute atomic E-state index is 12.2. The largest absolute Gasteiger partial charge is 0.392 e. The molecule has 1 heterocycles. The van der Waals surface area contributed by atoms with Crippen molar-refractivity contribution in [3.63, 3.8) is 0 Å². The molecule has 0 bridgehead atoms. The number of aliphatic hydroxyl groups excluding tert-OH is 1. The number of ether oxygens (including phenoxy) is 1. The third kappa shape index (κ3) is 4.70. The summed E-state index contributed by atoms with van der Waals surface area (Å²) in [5.74, 6) is 0.0996. The summed E-state index contributed by atoms with van der Waals surface area (Å²) in [6.45, 7) is 8.88. The summed E-state index contributed by atoms with van der Waals surface area (Å²) in [7, 11) is -3.32. The first kappa shape index (κ1) is 16.9. The smallest absolute Gasteiger partial charge is 0.214 e. The number of hydrogen-bond acceptors (Lipinski definition) is 4. The van der Waals surface area contributed by atoms with E-state index in [4.69, 9.17) is 4.74 Å². The van der Waals surface area contributed by atoms with Gasteiger partial charge >= 0.3 is 0 Å². The lowest BCUT2D eigenvalue weighted by Gasteiger charge is -2.34. The minimum atomic E-state index is -3.32. The van der Waals surface area contributed by atoms with Gasteiger partial charge in [-0.1, -0.05) is 27.7 Å². The van der Waals surface area contributed by atoms with Gasteiger partial charge in [0.1, 0.15) is 0 Å². The Morgan fingerprint density at radius 2 is 1.84 bits per heavy atom. The first-order valence-corrected chi connectivity index (χ1v) is 8.46. The lowest BCUT2D eigenvalue weighted by molar-refractivity contribution is 0.0165. The Hall–Kier alpha value is -0.170. The first-order valence-electron chi connectivity index (χ1n) is 6.91. The van der Waals surface area contributed by atoms with Gasteiger partial charge in [0.25, 0.3) is 0 Å². The van der Waals surface area contributed by atoms with E-state index in [9.17, 15) is 13.5 Å². The molecule has 2 N–H and O–H groups in total. The predicted octanol–water partition coefficient (Wildman–Crippen LogP) is 1.13. The van der Waals surface area contributed by atoms with Gasteiger partial charge in [0.2, 0.25) is 10.0 Å². The third-order valence-corrected chi connectivity index (χ3v) is 5.66. The lowest BCUT2D eigenvalue weighted by atomic mass is 9.81. The van der Waals surface area contributed by atoms with E-state index < -0.39 is 21.5 Å². The standard InChI is InChI=1S/C13H27NO4S/c1-10(2)12(15)13(3,4)9-14-19(16,17)11-5-7-18-8-6-11/h10-12,14-15H,5-9H2,1-4H3. The van der Waals surface area contributed by atoms with E-state index in [2.05, 4.69) is 4.72 Å². The van der Waals surface area contributed by atoms with Crippen LogP contribution in [0.15, 0.2) is 0 Å². The normalized spacial score (nSPS) is 20.7. The molecule has 1 saturated heterocycles. The van der Waals surface area contributed by atoms with E-state index in [0.29, 0.717) is 26.1 Å². The Morgan fingerprint density at radius 1 is 1.32 bits per heavy atom. The lowest BCUT2D eigenvalue weighted by Crippen LogP contribution is -2.46. The molecule has 1 unspecified atom stereocenters. The van der Waals surface area contributed by atoms with Crippen LogP contribution in [0.2, 0.25) is 0 Å². The van der Waals surface area contributed by atoms with Crippen LogP contribution in [0, 0.1) is 11.3 Å². The van der Waals surface area contributed by atoms with E-state index in [1.165, 1.54) is 0 Å². The fraction of sp³-hybridized carbons (Fsp3) is 1.00. The fourth-order valence-corrected chi connectivity index (χ4v) is 4.02. The highest BCUT2D eigenvalue weighted by molar-refractivity contribution is 7.90. The van der Waals surface area contributed by atoms with Crippen molar-refractivity contribution in [2.75, 3.05) is 19.8 Å². The molecule has 0 aromatic heterocycles. The fourth-order valence-electron chi connectivity index (χ4n) is 2.40. The zero-order chi connectivity index (χ0) is 14.7. The molecule has 1 rings (SSSR count). The third-order valence-electron chi connectivity index (χ3n) is 3.77. The van der Waals surface area contributed by atoms with Crippen LogP contribution in [0.3, 0.4) is 0 Å². The molecule has 114 valence electrons. The first-order chi connectivity index (χ1) is 8.67. The maximum Gasteiger partial charge on any atom is 0.214 e. The average molecular weight is 293 g/mol. The van der Waals surface area contributed by atoms with Crippen molar-refractivity contribution in [3.8, 4) is 0 Å². The average Bonchev–Trinajstić information content (AvgIpc) is 2.37. The number of sulfonamides is 1. The second-order valence-corrected chi connectivity index (χ2v) is 8.40.